The molecule has 152 valence electrons. The molecule has 0 spiro atoms. The number of halogens is 1. The molecule has 0 radical (unpaired) electrons. The second-order valence-electron chi connectivity index (χ2n) is 7.37. The first-order valence-corrected chi connectivity index (χ1v) is 10.0. The van der Waals surface area contributed by atoms with E-state index in [2.05, 4.69) is 10.6 Å². The highest BCUT2D eigenvalue weighted by Gasteiger charge is 2.26. The number of amides is 3. The highest BCUT2D eigenvalue weighted by Crippen LogP contribution is 2.31. The van der Waals surface area contributed by atoms with E-state index in [-0.39, 0.29) is 23.6 Å². The maximum absolute atomic E-state index is 12.8. The molecule has 2 N–H and O–H groups in total. The van der Waals surface area contributed by atoms with Crippen LogP contribution in [0.5, 0.6) is 0 Å². The predicted octanol–water partition coefficient (Wildman–Crippen LogP) is 3.86. The number of anilines is 2. The summed E-state index contributed by atoms with van der Waals surface area (Å²) >= 11 is 6.35. The van der Waals surface area contributed by atoms with Crippen LogP contribution in [0.4, 0.5) is 11.4 Å². The highest BCUT2D eigenvalue weighted by atomic mass is 35.5. The van der Waals surface area contributed by atoms with Crippen LogP contribution in [0.3, 0.4) is 0 Å². The summed E-state index contributed by atoms with van der Waals surface area (Å²) in [6.45, 7) is 4.38. The third kappa shape index (κ3) is 4.95. The van der Waals surface area contributed by atoms with Crippen molar-refractivity contribution in [3.8, 4) is 0 Å². The standard InChI is InChI=1S/C22H24ClN3O3/c1-14(2)20(25-21(28)15-7-4-3-5-8-15)22(29)24-16-10-11-18(17(23)13-16)26-12-6-9-19(26)27/h3-5,7-8,10-11,13-14,20H,6,9,12H2,1-2H3,(H,24,29)(H,25,28). The van der Waals surface area contributed by atoms with Gasteiger partial charge >= 0.3 is 0 Å². The molecular formula is C22H24ClN3O3. The summed E-state index contributed by atoms with van der Waals surface area (Å²) in [5, 5.41) is 6.00. The quantitative estimate of drug-likeness (QED) is 0.754. The van der Waals surface area contributed by atoms with Gasteiger partial charge in [-0.15, -0.1) is 0 Å². The topological polar surface area (TPSA) is 78.5 Å². The molecule has 29 heavy (non-hydrogen) atoms. The predicted molar refractivity (Wildman–Crippen MR) is 114 cm³/mol. The second-order valence-corrected chi connectivity index (χ2v) is 7.77. The Hall–Kier alpha value is -2.86. The van der Waals surface area contributed by atoms with Crippen LogP contribution in [-0.2, 0) is 9.59 Å². The zero-order valence-corrected chi connectivity index (χ0v) is 17.2. The summed E-state index contributed by atoms with van der Waals surface area (Å²) in [4.78, 5) is 38.8. The summed E-state index contributed by atoms with van der Waals surface area (Å²) in [6.07, 6.45) is 1.33. The van der Waals surface area contributed by atoms with Gasteiger partial charge in [0.25, 0.3) is 5.91 Å². The minimum atomic E-state index is -0.707. The van der Waals surface area contributed by atoms with Crippen molar-refractivity contribution in [1.82, 2.24) is 5.32 Å². The van der Waals surface area contributed by atoms with Gasteiger partial charge in [0.05, 0.1) is 10.7 Å². The smallest absolute Gasteiger partial charge is 0.251 e. The van der Waals surface area contributed by atoms with Crippen LogP contribution in [0.1, 0.15) is 37.0 Å². The van der Waals surface area contributed by atoms with Gasteiger partial charge in [0.15, 0.2) is 0 Å². The SMILES string of the molecule is CC(C)C(NC(=O)c1ccccc1)C(=O)Nc1ccc(N2CCCC2=O)c(Cl)c1. The van der Waals surface area contributed by atoms with Crippen molar-refractivity contribution in [1.29, 1.82) is 0 Å². The number of nitrogens with zero attached hydrogens (tertiary/aromatic N) is 1. The first kappa shape index (κ1) is 20.9. The van der Waals surface area contributed by atoms with Crippen molar-refractivity contribution in [3.05, 3.63) is 59.1 Å². The lowest BCUT2D eigenvalue weighted by Gasteiger charge is -2.22. The fraction of sp³-hybridized carbons (Fsp3) is 0.318. The Bertz CT molecular complexity index is 915. The lowest BCUT2D eigenvalue weighted by Crippen LogP contribution is -2.47. The first-order valence-electron chi connectivity index (χ1n) is 9.63. The van der Waals surface area contributed by atoms with E-state index in [9.17, 15) is 14.4 Å². The van der Waals surface area contributed by atoms with Gasteiger partial charge in [0, 0.05) is 24.2 Å². The van der Waals surface area contributed by atoms with Gasteiger partial charge < -0.3 is 15.5 Å². The van der Waals surface area contributed by atoms with Crippen LogP contribution in [0.25, 0.3) is 0 Å². The van der Waals surface area contributed by atoms with E-state index in [4.69, 9.17) is 11.6 Å². The van der Waals surface area contributed by atoms with E-state index in [0.29, 0.717) is 34.9 Å². The third-order valence-electron chi connectivity index (χ3n) is 4.85. The fourth-order valence-electron chi connectivity index (χ4n) is 3.28. The lowest BCUT2D eigenvalue weighted by molar-refractivity contribution is -0.119. The number of carbonyl (C=O) groups is 3. The number of benzene rings is 2. The lowest BCUT2D eigenvalue weighted by atomic mass is 10.0. The average Bonchev–Trinajstić information content (AvgIpc) is 3.12. The molecule has 1 atom stereocenters. The Morgan fingerprint density at radius 3 is 2.41 bits per heavy atom. The van der Waals surface area contributed by atoms with Gasteiger partial charge in [-0.25, -0.2) is 0 Å². The molecule has 0 saturated carbocycles. The van der Waals surface area contributed by atoms with E-state index in [1.165, 1.54) is 0 Å². The summed E-state index contributed by atoms with van der Waals surface area (Å²) in [6, 6.07) is 13.1. The number of nitrogens with one attached hydrogen (secondary N) is 2. The minimum absolute atomic E-state index is 0.0483. The minimum Gasteiger partial charge on any atom is -0.340 e. The Balaban J connectivity index is 1.70. The van der Waals surface area contributed by atoms with Crippen LogP contribution in [-0.4, -0.2) is 30.3 Å². The number of hydrogen-bond donors (Lipinski definition) is 2. The van der Waals surface area contributed by atoms with Crippen LogP contribution >= 0.6 is 11.6 Å². The van der Waals surface area contributed by atoms with Crippen molar-refractivity contribution in [2.45, 2.75) is 32.7 Å². The molecule has 1 fully saturated rings. The molecule has 0 aromatic heterocycles. The molecule has 1 unspecified atom stereocenters. The monoisotopic (exact) mass is 413 g/mol. The van der Waals surface area contributed by atoms with Crippen molar-refractivity contribution in [3.63, 3.8) is 0 Å². The summed E-state index contributed by atoms with van der Waals surface area (Å²) in [7, 11) is 0. The van der Waals surface area contributed by atoms with Gasteiger partial charge in [0.2, 0.25) is 11.8 Å². The van der Waals surface area contributed by atoms with E-state index < -0.39 is 6.04 Å². The molecule has 0 aliphatic carbocycles. The number of hydrogen-bond acceptors (Lipinski definition) is 3. The van der Waals surface area contributed by atoms with Crippen molar-refractivity contribution >= 4 is 40.7 Å². The highest BCUT2D eigenvalue weighted by molar-refractivity contribution is 6.34. The number of carbonyl (C=O) groups excluding carboxylic acids is 3. The average molecular weight is 414 g/mol. The molecule has 6 nitrogen and oxygen atoms in total. The molecule has 2 aromatic carbocycles. The van der Waals surface area contributed by atoms with Gasteiger partial charge in [-0.2, -0.15) is 0 Å². The number of rotatable bonds is 6. The van der Waals surface area contributed by atoms with Crippen molar-refractivity contribution < 1.29 is 14.4 Å². The molecule has 3 amide bonds. The summed E-state index contributed by atoms with van der Waals surface area (Å²) in [5.74, 6) is -0.697. The molecule has 0 bridgehead atoms. The molecule has 3 rings (SSSR count). The first-order chi connectivity index (χ1) is 13.9. The Labute approximate surface area is 175 Å². The molecule has 1 aliphatic heterocycles. The molecule has 7 heteroatoms. The van der Waals surface area contributed by atoms with E-state index in [1.54, 1.807) is 47.4 Å². The van der Waals surface area contributed by atoms with Crippen molar-refractivity contribution in [2.24, 2.45) is 5.92 Å². The van der Waals surface area contributed by atoms with Gasteiger partial charge in [-0.05, 0) is 42.7 Å². The molecule has 1 saturated heterocycles. The van der Waals surface area contributed by atoms with Gasteiger partial charge in [-0.1, -0.05) is 43.6 Å². The Morgan fingerprint density at radius 2 is 1.83 bits per heavy atom. The van der Waals surface area contributed by atoms with Crippen LogP contribution in [0.2, 0.25) is 5.02 Å². The van der Waals surface area contributed by atoms with Crippen LogP contribution in [0.15, 0.2) is 48.5 Å². The zero-order chi connectivity index (χ0) is 21.0. The Morgan fingerprint density at radius 1 is 1.10 bits per heavy atom. The Kier molecular flexibility index (Phi) is 6.54. The molecule has 2 aromatic rings. The van der Waals surface area contributed by atoms with Crippen LogP contribution < -0.4 is 15.5 Å². The maximum atomic E-state index is 12.8. The van der Waals surface area contributed by atoms with E-state index >= 15 is 0 Å². The summed E-state index contributed by atoms with van der Waals surface area (Å²) < 4.78 is 0. The normalized spacial score (nSPS) is 14.8. The van der Waals surface area contributed by atoms with E-state index in [1.807, 2.05) is 19.9 Å². The van der Waals surface area contributed by atoms with Crippen molar-refractivity contribution in [2.75, 3.05) is 16.8 Å². The zero-order valence-electron chi connectivity index (χ0n) is 16.4. The third-order valence-corrected chi connectivity index (χ3v) is 5.15. The van der Waals surface area contributed by atoms with Crippen LogP contribution in [0, 0.1) is 5.92 Å². The largest absolute Gasteiger partial charge is 0.340 e. The fourth-order valence-corrected chi connectivity index (χ4v) is 3.56. The second kappa shape index (κ2) is 9.09. The van der Waals surface area contributed by atoms with Gasteiger partial charge in [-0.3, -0.25) is 14.4 Å². The molecular weight excluding hydrogens is 390 g/mol. The molecule has 1 aliphatic rings. The van der Waals surface area contributed by atoms with Gasteiger partial charge in [0.1, 0.15) is 6.04 Å². The summed E-state index contributed by atoms with van der Waals surface area (Å²) in [5.41, 5.74) is 1.65. The molecule has 1 heterocycles. The van der Waals surface area contributed by atoms with E-state index in [0.717, 1.165) is 6.42 Å². The maximum Gasteiger partial charge on any atom is 0.251 e.